The monoisotopic (exact) mass is 517 g/mol. The lowest BCUT2D eigenvalue weighted by Gasteiger charge is -2.30. The smallest absolute Gasteiger partial charge is 0.257 e. The van der Waals surface area contributed by atoms with Crippen LogP contribution in [0.1, 0.15) is 66.1 Å². The van der Waals surface area contributed by atoms with Crippen molar-refractivity contribution in [2.24, 2.45) is 0 Å². The number of aryl methyl sites for hydroxylation is 2. The van der Waals surface area contributed by atoms with Gasteiger partial charge >= 0.3 is 0 Å². The maximum Gasteiger partial charge on any atom is 0.257 e. The zero-order valence-electron chi connectivity index (χ0n) is 20.9. The van der Waals surface area contributed by atoms with Crippen molar-refractivity contribution < 1.29 is 19.0 Å². The molecule has 1 aromatic carbocycles. The molecule has 0 radical (unpaired) electrons. The van der Waals surface area contributed by atoms with E-state index in [1.54, 1.807) is 25.7 Å². The molecule has 1 aromatic heterocycles. The van der Waals surface area contributed by atoms with Crippen LogP contribution in [0.5, 0.6) is 5.75 Å². The number of likely N-dealkylation sites (tertiary alicyclic amines) is 1. The second kappa shape index (κ2) is 11.2. The fraction of sp³-hybridized carbons (Fsp3) is 0.538. The van der Waals surface area contributed by atoms with Crippen molar-refractivity contribution in [1.29, 1.82) is 5.41 Å². The normalized spacial score (nSPS) is 23.1. The zero-order chi connectivity index (χ0) is 26.0. The SMILES string of the molecule is Cc1nc(C2CN(C(=O)c3ccc(F)cc3OC3CCC(NCC(C)O)CC3)CC2=N)nc(C)c1Cl. The fourth-order valence-electron chi connectivity index (χ4n) is 4.83. The van der Waals surface area contributed by atoms with Gasteiger partial charge in [0, 0.05) is 30.9 Å². The van der Waals surface area contributed by atoms with E-state index in [0.717, 1.165) is 25.7 Å². The van der Waals surface area contributed by atoms with Crippen LogP contribution in [0.15, 0.2) is 18.2 Å². The van der Waals surface area contributed by atoms with E-state index in [0.29, 0.717) is 40.5 Å². The topological polar surface area (TPSA) is 111 Å². The molecule has 2 unspecified atom stereocenters. The van der Waals surface area contributed by atoms with E-state index in [-0.39, 0.29) is 36.4 Å². The van der Waals surface area contributed by atoms with Crippen LogP contribution in [0.25, 0.3) is 0 Å². The summed E-state index contributed by atoms with van der Waals surface area (Å²) in [6, 6.07) is 4.28. The number of halogens is 2. The Kier molecular flexibility index (Phi) is 8.22. The summed E-state index contributed by atoms with van der Waals surface area (Å²) in [6.45, 7) is 6.28. The van der Waals surface area contributed by atoms with E-state index in [1.807, 2.05) is 0 Å². The van der Waals surface area contributed by atoms with Crippen molar-refractivity contribution >= 4 is 23.2 Å². The number of hydrogen-bond donors (Lipinski definition) is 3. The predicted octanol–water partition coefficient (Wildman–Crippen LogP) is 3.81. The molecule has 0 bridgehead atoms. The number of aromatic nitrogens is 2. The van der Waals surface area contributed by atoms with E-state index in [9.17, 15) is 14.3 Å². The highest BCUT2D eigenvalue weighted by Gasteiger charge is 2.36. The number of nitrogens with one attached hydrogen (secondary N) is 2. The maximum absolute atomic E-state index is 14.1. The van der Waals surface area contributed by atoms with Gasteiger partial charge in [-0.1, -0.05) is 11.6 Å². The van der Waals surface area contributed by atoms with Gasteiger partial charge < -0.3 is 25.5 Å². The third-order valence-electron chi connectivity index (χ3n) is 6.83. The minimum Gasteiger partial charge on any atom is -0.489 e. The first-order valence-electron chi connectivity index (χ1n) is 12.4. The number of benzene rings is 1. The van der Waals surface area contributed by atoms with Gasteiger partial charge in [0.25, 0.3) is 5.91 Å². The Bertz CT molecular complexity index is 1110. The highest BCUT2D eigenvalue weighted by Crippen LogP contribution is 2.31. The van der Waals surface area contributed by atoms with Gasteiger partial charge in [0.1, 0.15) is 17.4 Å². The summed E-state index contributed by atoms with van der Waals surface area (Å²) >= 11 is 6.20. The third-order valence-corrected chi connectivity index (χ3v) is 7.37. The first-order valence-corrected chi connectivity index (χ1v) is 12.7. The summed E-state index contributed by atoms with van der Waals surface area (Å²) < 4.78 is 20.3. The van der Waals surface area contributed by atoms with Crippen molar-refractivity contribution in [2.75, 3.05) is 19.6 Å². The van der Waals surface area contributed by atoms with Crippen molar-refractivity contribution in [1.82, 2.24) is 20.2 Å². The molecule has 1 aliphatic heterocycles. The second-order valence-electron chi connectivity index (χ2n) is 9.82. The summed E-state index contributed by atoms with van der Waals surface area (Å²) in [5.74, 6) is -0.498. The molecular weight excluding hydrogens is 485 g/mol. The van der Waals surface area contributed by atoms with Crippen LogP contribution in [0.3, 0.4) is 0 Å². The average Bonchev–Trinajstić information content (AvgIpc) is 3.23. The first kappa shape index (κ1) is 26.4. The van der Waals surface area contributed by atoms with Crippen LogP contribution in [0, 0.1) is 25.1 Å². The Balaban J connectivity index is 1.45. The van der Waals surface area contributed by atoms with E-state index in [1.165, 1.54) is 18.2 Å². The van der Waals surface area contributed by atoms with Crippen molar-refractivity contribution in [3.8, 4) is 5.75 Å². The molecule has 3 N–H and O–H groups in total. The van der Waals surface area contributed by atoms with Crippen LogP contribution in [-0.4, -0.2) is 69.5 Å². The van der Waals surface area contributed by atoms with Crippen LogP contribution in [0.2, 0.25) is 5.02 Å². The molecule has 10 heteroatoms. The molecule has 0 spiro atoms. The lowest BCUT2D eigenvalue weighted by molar-refractivity contribution is 0.0781. The zero-order valence-corrected chi connectivity index (χ0v) is 21.6. The molecule has 1 aliphatic carbocycles. The van der Waals surface area contributed by atoms with Gasteiger partial charge in [-0.05, 0) is 58.6 Å². The Morgan fingerprint density at radius 2 is 1.94 bits per heavy atom. The minimum atomic E-state index is -0.471. The Morgan fingerprint density at radius 1 is 1.28 bits per heavy atom. The molecule has 2 fully saturated rings. The number of rotatable bonds is 7. The number of carbonyl (C=O) groups is 1. The molecule has 2 aliphatic rings. The van der Waals surface area contributed by atoms with Crippen LogP contribution in [0.4, 0.5) is 4.39 Å². The summed E-state index contributed by atoms with van der Waals surface area (Å²) in [4.78, 5) is 23.9. The number of amides is 1. The molecule has 8 nitrogen and oxygen atoms in total. The maximum atomic E-state index is 14.1. The molecule has 36 heavy (non-hydrogen) atoms. The van der Waals surface area contributed by atoms with E-state index in [2.05, 4.69) is 15.3 Å². The van der Waals surface area contributed by atoms with Crippen molar-refractivity contribution in [2.45, 2.75) is 70.6 Å². The largest absolute Gasteiger partial charge is 0.489 e. The van der Waals surface area contributed by atoms with Crippen molar-refractivity contribution in [3.63, 3.8) is 0 Å². The molecule has 194 valence electrons. The summed E-state index contributed by atoms with van der Waals surface area (Å²) in [7, 11) is 0. The Labute approximate surface area is 215 Å². The summed E-state index contributed by atoms with van der Waals surface area (Å²) in [6.07, 6.45) is 2.77. The highest BCUT2D eigenvalue weighted by atomic mass is 35.5. The van der Waals surface area contributed by atoms with Crippen LogP contribution >= 0.6 is 11.6 Å². The number of aliphatic hydroxyl groups is 1. The van der Waals surface area contributed by atoms with Gasteiger partial charge in [0.2, 0.25) is 0 Å². The molecule has 2 atom stereocenters. The van der Waals surface area contributed by atoms with E-state index >= 15 is 0 Å². The quantitative estimate of drug-likeness (QED) is 0.515. The molecule has 4 rings (SSSR count). The summed E-state index contributed by atoms with van der Waals surface area (Å²) in [5.41, 5.74) is 1.91. The molecule has 1 saturated carbocycles. The molecule has 1 saturated heterocycles. The Morgan fingerprint density at radius 3 is 2.58 bits per heavy atom. The average molecular weight is 518 g/mol. The number of aliphatic hydroxyl groups excluding tert-OH is 1. The molecule has 2 aromatic rings. The Hall–Kier alpha value is -2.62. The lowest BCUT2D eigenvalue weighted by atomic mass is 9.92. The molecule has 2 heterocycles. The lowest BCUT2D eigenvalue weighted by Crippen LogP contribution is -2.39. The highest BCUT2D eigenvalue weighted by molar-refractivity contribution is 6.31. The van der Waals surface area contributed by atoms with Gasteiger partial charge in [-0.2, -0.15) is 0 Å². The predicted molar refractivity (Wildman–Crippen MR) is 136 cm³/mol. The third kappa shape index (κ3) is 6.02. The van der Waals surface area contributed by atoms with E-state index in [4.69, 9.17) is 21.7 Å². The van der Waals surface area contributed by atoms with Gasteiger partial charge in [0.05, 0.1) is 46.6 Å². The van der Waals surface area contributed by atoms with Crippen LogP contribution < -0.4 is 10.1 Å². The first-order chi connectivity index (χ1) is 17.1. The number of carbonyl (C=O) groups excluding carboxylic acids is 1. The second-order valence-corrected chi connectivity index (χ2v) is 10.2. The van der Waals surface area contributed by atoms with Crippen molar-refractivity contribution in [3.05, 3.63) is 51.8 Å². The van der Waals surface area contributed by atoms with Crippen LogP contribution in [-0.2, 0) is 0 Å². The number of ether oxygens (including phenoxy) is 1. The fourth-order valence-corrected chi connectivity index (χ4v) is 4.91. The van der Waals surface area contributed by atoms with Gasteiger partial charge in [-0.15, -0.1) is 0 Å². The number of hydrogen-bond acceptors (Lipinski definition) is 7. The standard InChI is InChI=1S/C26H33ClFN5O3/c1-14(34)11-30-18-5-7-19(8-6-18)36-23-10-17(28)4-9-20(23)26(35)33-12-21(22(29)13-33)25-31-15(2)24(27)16(3)32-25/h4,9-10,14,18-19,21,29-30,34H,5-8,11-13H2,1-3H3. The minimum absolute atomic E-state index is 0.124. The van der Waals surface area contributed by atoms with Gasteiger partial charge in [0.15, 0.2) is 0 Å². The molecule has 1 amide bonds. The summed E-state index contributed by atoms with van der Waals surface area (Å²) in [5, 5.41) is 21.8. The van der Waals surface area contributed by atoms with Gasteiger partial charge in [-0.3, -0.25) is 4.79 Å². The van der Waals surface area contributed by atoms with E-state index < -0.39 is 17.8 Å². The molecular formula is C26H33ClFN5O3. The number of nitrogens with zero attached hydrogens (tertiary/aromatic N) is 3. The van der Waals surface area contributed by atoms with Gasteiger partial charge in [-0.25, -0.2) is 14.4 Å².